The number of benzene rings is 2. The Morgan fingerprint density at radius 3 is 2.48 bits per heavy atom. The van der Waals surface area contributed by atoms with E-state index in [9.17, 15) is 9.59 Å². The minimum atomic E-state index is -0.151. The number of hydrogen-bond donors (Lipinski definition) is 1. The average molecular weight is 391 g/mol. The molecule has 29 heavy (non-hydrogen) atoms. The Bertz CT molecular complexity index is 1040. The number of likely N-dealkylation sites (N-methyl/N-ethyl adjacent to an activating group) is 1. The molecule has 4 rings (SSSR count). The van der Waals surface area contributed by atoms with Gasteiger partial charge in [-0.15, -0.1) is 0 Å². The fraction of sp³-hybridized carbons (Fsp3) is 0.318. The molecule has 0 bridgehead atoms. The highest BCUT2D eigenvalue weighted by molar-refractivity contribution is 5.79. The van der Waals surface area contributed by atoms with Crippen LogP contribution in [-0.4, -0.2) is 65.4 Å². The monoisotopic (exact) mass is 391 g/mol. The summed E-state index contributed by atoms with van der Waals surface area (Å²) in [6, 6.07) is 17.5. The second-order valence-electron chi connectivity index (χ2n) is 7.41. The Kier molecular flexibility index (Phi) is 5.57. The highest BCUT2D eigenvalue weighted by Crippen LogP contribution is 2.15. The van der Waals surface area contributed by atoms with Crippen molar-refractivity contribution in [2.75, 3.05) is 44.7 Å². The molecular weight excluding hydrogens is 366 g/mol. The van der Waals surface area contributed by atoms with Crippen molar-refractivity contribution in [1.29, 1.82) is 0 Å². The Morgan fingerprint density at radius 2 is 1.72 bits per heavy atom. The third-order valence-electron chi connectivity index (χ3n) is 5.24. The predicted octanol–water partition coefficient (Wildman–Crippen LogP) is 1.70. The maximum Gasteiger partial charge on any atom is 0.258 e. The summed E-state index contributed by atoms with van der Waals surface area (Å²) >= 11 is 0. The van der Waals surface area contributed by atoms with E-state index >= 15 is 0 Å². The Labute approximate surface area is 169 Å². The number of rotatable bonds is 5. The number of hydrogen-bond acceptors (Lipinski definition) is 5. The van der Waals surface area contributed by atoms with Gasteiger partial charge in [-0.25, -0.2) is 4.98 Å². The first-order valence-electron chi connectivity index (χ1n) is 9.84. The van der Waals surface area contributed by atoms with E-state index in [4.69, 9.17) is 0 Å². The van der Waals surface area contributed by atoms with Gasteiger partial charge >= 0.3 is 0 Å². The smallest absolute Gasteiger partial charge is 0.258 e. The molecule has 0 aliphatic carbocycles. The molecule has 1 N–H and O–H groups in total. The van der Waals surface area contributed by atoms with Gasteiger partial charge in [-0.05, 0) is 31.3 Å². The molecule has 150 valence electrons. The fourth-order valence-electron chi connectivity index (χ4n) is 3.71. The van der Waals surface area contributed by atoms with Crippen LogP contribution in [0, 0.1) is 0 Å². The van der Waals surface area contributed by atoms with Gasteiger partial charge in [0, 0.05) is 31.9 Å². The van der Waals surface area contributed by atoms with Crippen LogP contribution in [0.1, 0.15) is 5.82 Å². The number of fused-ring (bicyclic) bond motifs is 1. The number of nitrogens with zero attached hydrogens (tertiary/aromatic N) is 4. The van der Waals surface area contributed by atoms with Gasteiger partial charge < -0.3 is 14.8 Å². The molecule has 0 unspecified atom stereocenters. The molecule has 0 radical (unpaired) electrons. The summed E-state index contributed by atoms with van der Waals surface area (Å²) in [6.45, 7) is 3.80. The number of amides is 1. The molecule has 1 aliphatic heterocycles. The molecule has 3 aromatic rings. The lowest BCUT2D eigenvalue weighted by Gasteiger charge is -2.36. The van der Waals surface area contributed by atoms with Crippen molar-refractivity contribution in [3.8, 4) is 0 Å². The lowest BCUT2D eigenvalue weighted by Crippen LogP contribution is -2.51. The fourth-order valence-corrected chi connectivity index (χ4v) is 3.71. The largest absolute Gasteiger partial charge is 0.368 e. The van der Waals surface area contributed by atoms with Crippen LogP contribution >= 0.6 is 0 Å². The summed E-state index contributed by atoms with van der Waals surface area (Å²) in [7, 11) is 1.87. The normalized spacial score (nSPS) is 14.6. The van der Waals surface area contributed by atoms with Crippen LogP contribution in [0.5, 0.6) is 0 Å². The quantitative estimate of drug-likeness (QED) is 0.717. The van der Waals surface area contributed by atoms with Gasteiger partial charge in [0.2, 0.25) is 5.91 Å². The van der Waals surface area contributed by atoms with Gasteiger partial charge in [-0.1, -0.05) is 30.3 Å². The lowest BCUT2D eigenvalue weighted by atomic mass is 10.2. The summed E-state index contributed by atoms with van der Waals surface area (Å²) in [5.74, 6) is 0.668. The first-order valence-corrected chi connectivity index (χ1v) is 9.84. The molecule has 0 spiro atoms. The van der Waals surface area contributed by atoms with Gasteiger partial charge in [0.25, 0.3) is 5.56 Å². The number of aromatic nitrogens is 2. The number of carbonyl (C=O) groups is 1. The molecule has 7 nitrogen and oxygen atoms in total. The van der Waals surface area contributed by atoms with Crippen LogP contribution in [-0.2, 0) is 11.3 Å². The molecule has 1 amide bonds. The highest BCUT2D eigenvalue weighted by Gasteiger charge is 2.22. The van der Waals surface area contributed by atoms with Crippen molar-refractivity contribution in [3.63, 3.8) is 0 Å². The van der Waals surface area contributed by atoms with Gasteiger partial charge in [-0.2, -0.15) is 0 Å². The summed E-state index contributed by atoms with van der Waals surface area (Å²) in [5.41, 5.74) is 1.72. The predicted molar refractivity (Wildman–Crippen MR) is 114 cm³/mol. The van der Waals surface area contributed by atoms with Crippen LogP contribution in [0.3, 0.4) is 0 Å². The first-order chi connectivity index (χ1) is 14.1. The molecule has 0 saturated carbocycles. The second kappa shape index (κ2) is 8.45. The van der Waals surface area contributed by atoms with E-state index in [1.165, 1.54) is 5.69 Å². The Hall–Kier alpha value is -3.19. The van der Waals surface area contributed by atoms with E-state index in [0.29, 0.717) is 42.9 Å². The minimum Gasteiger partial charge on any atom is -0.368 e. The number of nitrogens with one attached hydrogen (secondary N) is 1. The number of H-pyrrole nitrogens is 1. The summed E-state index contributed by atoms with van der Waals surface area (Å²) in [5, 5.41) is 0.575. The molecule has 1 aromatic heterocycles. The standard InChI is InChI=1S/C22H25N5O2/c1-25(15-20-23-19-10-6-5-9-18(19)22(29)24-20)16-21(28)27-13-11-26(12-14-27)17-7-3-2-4-8-17/h2-10H,11-16H2,1H3,(H,23,24,29). The zero-order chi connectivity index (χ0) is 20.2. The van der Waals surface area contributed by atoms with Crippen molar-refractivity contribution in [3.05, 3.63) is 70.8 Å². The summed E-state index contributed by atoms with van der Waals surface area (Å²) < 4.78 is 0. The van der Waals surface area contributed by atoms with E-state index < -0.39 is 0 Å². The van der Waals surface area contributed by atoms with Crippen LogP contribution in [0.25, 0.3) is 10.9 Å². The number of carbonyl (C=O) groups excluding carboxylic acids is 1. The van der Waals surface area contributed by atoms with E-state index in [1.807, 2.05) is 53.2 Å². The van der Waals surface area contributed by atoms with E-state index in [-0.39, 0.29) is 11.5 Å². The van der Waals surface area contributed by atoms with Crippen LogP contribution in [0.15, 0.2) is 59.4 Å². The average Bonchev–Trinajstić information content (AvgIpc) is 2.74. The third kappa shape index (κ3) is 4.46. The lowest BCUT2D eigenvalue weighted by molar-refractivity contribution is -0.132. The first kappa shape index (κ1) is 19.1. The molecule has 1 aliphatic rings. The summed E-state index contributed by atoms with van der Waals surface area (Å²) in [4.78, 5) is 38.3. The van der Waals surface area contributed by atoms with Gasteiger partial charge in [0.1, 0.15) is 5.82 Å². The maximum atomic E-state index is 12.7. The number of para-hydroxylation sites is 2. The maximum absolute atomic E-state index is 12.7. The molecule has 0 atom stereocenters. The number of anilines is 1. The molecule has 7 heteroatoms. The molecule has 1 fully saturated rings. The van der Waals surface area contributed by atoms with Gasteiger partial charge in [0.15, 0.2) is 0 Å². The second-order valence-corrected chi connectivity index (χ2v) is 7.41. The van der Waals surface area contributed by atoms with Crippen LogP contribution in [0.4, 0.5) is 5.69 Å². The van der Waals surface area contributed by atoms with Crippen molar-refractivity contribution < 1.29 is 4.79 Å². The zero-order valence-electron chi connectivity index (χ0n) is 16.5. The molecule has 2 heterocycles. The van der Waals surface area contributed by atoms with E-state index in [0.717, 1.165) is 13.1 Å². The Balaban J connectivity index is 1.33. The van der Waals surface area contributed by atoms with Gasteiger partial charge in [-0.3, -0.25) is 14.5 Å². The topological polar surface area (TPSA) is 72.5 Å². The molecule has 2 aromatic carbocycles. The van der Waals surface area contributed by atoms with Crippen molar-refractivity contribution in [1.82, 2.24) is 19.8 Å². The van der Waals surface area contributed by atoms with E-state index in [1.54, 1.807) is 6.07 Å². The zero-order valence-corrected chi connectivity index (χ0v) is 16.5. The SMILES string of the molecule is CN(CC(=O)N1CCN(c2ccccc2)CC1)Cc1nc2ccccc2c(=O)[nH]1. The summed E-state index contributed by atoms with van der Waals surface area (Å²) in [6.07, 6.45) is 0. The van der Waals surface area contributed by atoms with Crippen LogP contribution < -0.4 is 10.5 Å². The Morgan fingerprint density at radius 1 is 1.03 bits per heavy atom. The third-order valence-corrected chi connectivity index (χ3v) is 5.24. The minimum absolute atomic E-state index is 0.100. The molecule has 1 saturated heterocycles. The van der Waals surface area contributed by atoms with Crippen molar-refractivity contribution >= 4 is 22.5 Å². The number of piperazine rings is 1. The number of aromatic amines is 1. The van der Waals surface area contributed by atoms with Crippen LogP contribution in [0.2, 0.25) is 0 Å². The molecular formula is C22H25N5O2. The van der Waals surface area contributed by atoms with E-state index in [2.05, 4.69) is 27.0 Å². The van der Waals surface area contributed by atoms with Crippen molar-refractivity contribution in [2.24, 2.45) is 0 Å². The van der Waals surface area contributed by atoms with Gasteiger partial charge in [0.05, 0.1) is 24.0 Å². The highest BCUT2D eigenvalue weighted by atomic mass is 16.2. The van der Waals surface area contributed by atoms with Crippen molar-refractivity contribution in [2.45, 2.75) is 6.54 Å².